The van der Waals surface area contributed by atoms with Crippen molar-refractivity contribution in [3.05, 3.63) is 46.1 Å². The van der Waals surface area contributed by atoms with Gasteiger partial charge in [-0.15, -0.1) is 0 Å². The summed E-state index contributed by atoms with van der Waals surface area (Å²) < 4.78 is 12.9. The lowest BCUT2D eigenvalue weighted by molar-refractivity contribution is 0.628. The van der Waals surface area contributed by atoms with Gasteiger partial charge in [0, 0.05) is 11.3 Å². The van der Waals surface area contributed by atoms with Crippen LogP contribution in [0.25, 0.3) is 11.3 Å². The van der Waals surface area contributed by atoms with E-state index >= 15 is 0 Å². The quantitative estimate of drug-likeness (QED) is 0.724. The van der Waals surface area contributed by atoms with E-state index in [4.69, 9.17) is 23.2 Å². The average Bonchev–Trinajstić information content (AvgIpc) is 2.15. The van der Waals surface area contributed by atoms with Gasteiger partial charge < -0.3 is 0 Å². The molecular formula is C11H7Cl2FN2. The fraction of sp³-hybridized carbons (Fsp3) is 0.0909. The molecule has 0 aliphatic carbocycles. The number of hydrogen-bond acceptors (Lipinski definition) is 2. The molecule has 0 spiro atoms. The fourth-order valence-corrected chi connectivity index (χ4v) is 1.86. The minimum atomic E-state index is -0.384. The number of nitrogens with zero attached hydrogens (tertiary/aromatic N) is 2. The lowest BCUT2D eigenvalue weighted by Gasteiger charge is -2.04. The minimum Gasteiger partial charge on any atom is -0.223 e. The molecule has 2 nitrogen and oxygen atoms in total. The molecule has 1 heterocycles. The van der Waals surface area contributed by atoms with Gasteiger partial charge in [0.2, 0.25) is 5.28 Å². The van der Waals surface area contributed by atoms with Crippen molar-refractivity contribution in [2.24, 2.45) is 0 Å². The molecule has 0 amide bonds. The highest BCUT2D eigenvalue weighted by Gasteiger charge is 2.08. The van der Waals surface area contributed by atoms with Crippen molar-refractivity contribution < 1.29 is 4.39 Å². The molecule has 82 valence electrons. The van der Waals surface area contributed by atoms with Gasteiger partial charge in [-0.3, -0.25) is 0 Å². The van der Waals surface area contributed by atoms with Crippen molar-refractivity contribution in [2.75, 3.05) is 0 Å². The molecule has 0 bridgehead atoms. The first-order valence-corrected chi connectivity index (χ1v) is 5.28. The van der Waals surface area contributed by atoms with Crippen LogP contribution in [0.3, 0.4) is 0 Å². The monoisotopic (exact) mass is 256 g/mol. The van der Waals surface area contributed by atoms with Crippen LogP contribution in [-0.2, 0) is 0 Å². The van der Waals surface area contributed by atoms with Gasteiger partial charge in [0.05, 0.1) is 10.7 Å². The van der Waals surface area contributed by atoms with Crippen LogP contribution < -0.4 is 0 Å². The maximum atomic E-state index is 12.9. The van der Waals surface area contributed by atoms with Crippen LogP contribution in [-0.4, -0.2) is 9.97 Å². The Hall–Kier alpha value is -1.19. The Balaban J connectivity index is 2.58. The summed E-state index contributed by atoms with van der Waals surface area (Å²) in [7, 11) is 0. The molecule has 2 rings (SSSR count). The van der Waals surface area contributed by atoms with Gasteiger partial charge >= 0.3 is 0 Å². The second-order valence-electron chi connectivity index (χ2n) is 3.29. The SMILES string of the molecule is Cc1cc(-c2ccc(F)cc2Cl)nc(Cl)n1. The molecule has 0 N–H and O–H groups in total. The summed E-state index contributed by atoms with van der Waals surface area (Å²) in [6.45, 7) is 1.80. The molecular weight excluding hydrogens is 250 g/mol. The first-order valence-electron chi connectivity index (χ1n) is 4.53. The summed E-state index contributed by atoms with van der Waals surface area (Å²) in [5, 5.41) is 0.449. The van der Waals surface area contributed by atoms with Gasteiger partial charge in [0.1, 0.15) is 5.82 Å². The third-order valence-electron chi connectivity index (χ3n) is 2.03. The molecule has 5 heteroatoms. The molecule has 1 aromatic heterocycles. The van der Waals surface area contributed by atoms with E-state index in [1.165, 1.54) is 12.1 Å². The summed E-state index contributed by atoms with van der Waals surface area (Å²) in [6, 6.07) is 5.87. The van der Waals surface area contributed by atoms with E-state index in [0.29, 0.717) is 16.3 Å². The van der Waals surface area contributed by atoms with Crippen LogP contribution in [0.5, 0.6) is 0 Å². The number of hydrogen-bond donors (Lipinski definition) is 0. The van der Waals surface area contributed by atoms with Gasteiger partial charge in [-0.1, -0.05) is 11.6 Å². The summed E-state index contributed by atoms with van der Waals surface area (Å²) in [5.41, 5.74) is 1.95. The molecule has 0 saturated carbocycles. The fourth-order valence-electron chi connectivity index (χ4n) is 1.37. The Morgan fingerprint density at radius 2 is 1.88 bits per heavy atom. The Kier molecular flexibility index (Phi) is 3.08. The molecule has 0 saturated heterocycles. The van der Waals surface area contributed by atoms with E-state index in [1.807, 2.05) is 0 Å². The van der Waals surface area contributed by atoms with Gasteiger partial charge in [-0.25, -0.2) is 14.4 Å². The Labute approximate surface area is 102 Å². The molecule has 2 aromatic rings. The van der Waals surface area contributed by atoms with Crippen molar-refractivity contribution >= 4 is 23.2 Å². The van der Waals surface area contributed by atoms with Crippen molar-refractivity contribution in [2.45, 2.75) is 6.92 Å². The second kappa shape index (κ2) is 4.36. The predicted octanol–water partition coefficient (Wildman–Crippen LogP) is 3.90. The van der Waals surface area contributed by atoms with E-state index in [-0.39, 0.29) is 11.1 Å². The van der Waals surface area contributed by atoms with E-state index < -0.39 is 0 Å². The summed E-state index contributed by atoms with van der Waals surface area (Å²) >= 11 is 11.7. The number of rotatable bonds is 1. The molecule has 0 fully saturated rings. The van der Waals surface area contributed by atoms with Crippen LogP contribution >= 0.6 is 23.2 Å². The third-order valence-corrected chi connectivity index (χ3v) is 2.52. The lowest BCUT2D eigenvalue weighted by atomic mass is 10.1. The number of halogens is 3. The second-order valence-corrected chi connectivity index (χ2v) is 4.03. The molecule has 0 unspecified atom stereocenters. The highest BCUT2D eigenvalue weighted by Crippen LogP contribution is 2.27. The van der Waals surface area contributed by atoms with Crippen molar-refractivity contribution in [3.8, 4) is 11.3 Å². The van der Waals surface area contributed by atoms with E-state index in [1.54, 1.807) is 19.1 Å². The summed E-state index contributed by atoms with van der Waals surface area (Å²) in [4.78, 5) is 7.99. The first-order chi connectivity index (χ1) is 7.56. The van der Waals surface area contributed by atoms with Crippen LogP contribution in [0.2, 0.25) is 10.3 Å². The summed E-state index contributed by atoms with van der Waals surface area (Å²) in [5.74, 6) is -0.384. The largest absolute Gasteiger partial charge is 0.223 e. The van der Waals surface area contributed by atoms with Crippen molar-refractivity contribution in [1.29, 1.82) is 0 Å². The zero-order valence-electron chi connectivity index (χ0n) is 8.34. The van der Waals surface area contributed by atoms with Crippen LogP contribution in [0.4, 0.5) is 4.39 Å². The zero-order chi connectivity index (χ0) is 11.7. The zero-order valence-corrected chi connectivity index (χ0v) is 9.85. The molecule has 0 aliphatic rings. The molecule has 0 aliphatic heterocycles. The molecule has 0 atom stereocenters. The Bertz CT molecular complexity index is 523. The van der Waals surface area contributed by atoms with Crippen LogP contribution in [0.15, 0.2) is 24.3 Å². The number of aryl methyl sites for hydroxylation is 1. The van der Waals surface area contributed by atoms with Gasteiger partial charge in [0.15, 0.2) is 0 Å². The average molecular weight is 257 g/mol. The van der Waals surface area contributed by atoms with Crippen LogP contribution in [0, 0.1) is 12.7 Å². The van der Waals surface area contributed by atoms with E-state index in [9.17, 15) is 4.39 Å². The van der Waals surface area contributed by atoms with E-state index in [2.05, 4.69) is 9.97 Å². The number of benzene rings is 1. The van der Waals surface area contributed by atoms with Crippen molar-refractivity contribution in [3.63, 3.8) is 0 Å². The maximum Gasteiger partial charge on any atom is 0.223 e. The van der Waals surface area contributed by atoms with Crippen LogP contribution in [0.1, 0.15) is 5.69 Å². The van der Waals surface area contributed by atoms with E-state index in [0.717, 1.165) is 5.69 Å². The predicted molar refractivity (Wildman–Crippen MR) is 62.2 cm³/mol. The van der Waals surface area contributed by atoms with Gasteiger partial charge in [-0.2, -0.15) is 0 Å². The topological polar surface area (TPSA) is 25.8 Å². The standard InChI is InChI=1S/C11H7Cl2FN2/c1-6-4-10(16-11(13)15-6)8-3-2-7(14)5-9(8)12/h2-5H,1H3. The number of aromatic nitrogens is 2. The highest BCUT2D eigenvalue weighted by atomic mass is 35.5. The highest BCUT2D eigenvalue weighted by molar-refractivity contribution is 6.33. The smallest absolute Gasteiger partial charge is 0.223 e. The molecule has 1 aromatic carbocycles. The maximum absolute atomic E-state index is 12.9. The summed E-state index contributed by atoms with van der Waals surface area (Å²) in [6.07, 6.45) is 0. The Morgan fingerprint density at radius 3 is 2.50 bits per heavy atom. The minimum absolute atomic E-state index is 0.149. The normalized spacial score (nSPS) is 10.5. The molecule has 0 radical (unpaired) electrons. The van der Waals surface area contributed by atoms with Gasteiger partial charge in [0.25, 0.3) is 0 Å². The Morgan fingerprint density at radius 1 is 1.12 bits per heavy atom. The lowest BCUT2D eigenvalue weighted by Crippen LogP contribution is -1.91. The first kappa shape index (κ1) is 11.3. The van der Waals surface area contributed by atoms with Gasteiger partial charge in [-0.05, 0) is 42.8 Å². The molecule has 16 heavy (non-hydrogen) atoms. The third kappa shape index (κ3) is 2.31. The van der Waals surface area contributed by atoms with Crippen molar-refractivity contribution in [1.82, 2.24) is 9.97 Å².